The van der Waals surface area contributed by atoms with Crippen molar-refractivity contribution in [3.63, 3.8) is 0 Å². The Morgan fingerprint density at radius 3 is 2.89 bits per heavy atom. The second kappa shape index (κ2) is 8.64. The Labute approximate surface area is 165 Å². The predicted octanol–water partition coefficient (Wildman–Crippen LogP) is 2.19. The molecule has 9 heteroatoms. The number of ether oxygens (including phenoxy) is 1. The van der Waals surface area contributed by atoms with Gasteiger partial charge in [0.05, 0.1) is 6.61 Å². The molecule has 0 radical (unpaired) electrons. The molecule has 2 atom stereocenters. The van der Waals surface area contributed by atoms with Gasteiger partial charge in [-0.25, -0.2) is 9.18 Å². The van der Waals surface area contributed by atoms with E-state index < -0.39 is 35.9 Å². The number of nitrogens with zero attached hydrogens (tertiary/aromatic N) is 1. The zero-order valence-electron chi connectivity index (χ0n) is 15.3. The molecule has 1 saturated heterocycles. The van der Waals surface area contributed by atoms with Crippen molar-refractivity contribution in [1.29, 1.82) is 0 Å². The number of amides is 2. The third-order valence-corrected chi connectivity index (χ3v) is 5.90. The van der Waals surface area contributed by atoms with Gasteiger partial charge in [-0.2, -0.15) is 0 Å². The molecule has 1 aromatic rings. The first-order valence-corrected chi connectivity index (χ1v) is 10.0. The number of hydrogen-bond acceptors (Lipinski definition) is 5. The number of nitrogens with one attached hydrogen (secondary N) is 1. The number of rotatable bonds is 8. The lowest BCUT2D eigenvalue weighted by Crippen LogP contribution is -2.70. The maximum atomic E-state index is 13.1. The summed E-state index contributed by atoms with van der Waals surface area (Å²) in [4.78, 5) is 37.5. The molecule has 2 amide bonds. The van der Waals surface area contributed by atoms with Crippen LogP contribution in [0.1, 0.15) is 30.1 Å². The Kier molecular flexibility index (Phi) is 6.23. The number of carboxylic acid groups (broad SMARTS) is 1. The van der Waals surface area contributed by atoms with E-state index in [1.54, 1.807) is 24.3 Å². The van der Waals surface area contributed by atoms with Crippen LogP contribution in [0.4, 0.5) is 4.39 Å². The van der Waals surface area contributed by atoms with Crippen LogP contribution in [0.3, 0.4) is 0 Å². The Morgan fingerprint density at radius 1 is 1.43 bits per heavy atom. The summed E-state index contributed by atoms with van der Waals surface area (Å²) in [5.74, 6) is -1.60. The third kappa shape index (κ3) is 3.84. The van der Waals surface area contributed by atoms with Gasteiger partial charge in [-0.1, -0.05) is 19.4 Å². The van der Waals surface area contributed by atoms with Gasteiger partial charge in [0.25, 0.3) is 11.8 Å². The highest BCUT2D eigenvalue weighted by Crippen LogP contribution is 2.40. The quantitative estimate of drug-likeness (QED) is 0.506. The Bertz CT molecular complexity index is 828. The van der Waals surface area contributed by atoms with E-state index in [9.17, 15) is 23.9 Å². The Balaban J connectivity index is 1.68. The van der Waals surface area contributed by atoms with Crippen molar-refractivity contribution in [1.82, 2.24) is 10.2 Å². The molecule has 0 spiro atoms. The highest BCUT2D eigenvalue weighted by Gasteiger charge is 2.54. The van der Waals surface area contributed by atoms with Crippen molar-refractivity contribution in [2.75, 3.05) is 19.0 Å². The average molecular weight is 408 g/mol. The van der Waals surface area contributed by atoms with E-state index in [-0.39, 0.29) is 17.0 Å². The molecule has 0 aromatic heterocycles. The van der Waals surface area contributed by atoms with Crippen LogP contribution in [0.25, 0.3) is 0 Å². The largest absolute Gasteiger partial charge is 0.494 e. The summed E-state index contributed by atoms with van der Waals surface area (Å²) in [6.07, 6.45) is 1.90. The highest BCUT2D eigenvalue weighted by atomic mass is 32.2. The van der Waals surface area contributed by atoms with E-state index >= 15 is 0 Å². The van der Waals surface area contributed by atoms with Crippen molar-refractivity contribution < 1.29 is 28.6 Å². The van der Waals surface area contributed by atoms with Crippen molar-refractivity contribution in [3.05, 3.63) is 41.1 Å². The zero-order valence-corrected chi connectivity index (χ0v) is 16.1. The van der Waals surface area contributed by atoms with Crippen LogP contribution in [0, 0.1) is 0 Å². The molecule has 0 aliphatic carbocycles. The summed E-state index contributed by atoms with van der Waals surface area (Å²) in [6.45, 7) is 1.68. The number of aliphatic carboxylic acids is 1. The van der Waals surface area contributed by atoms with E-state index in [2.05, 4.69) is 12.2 Å². The first-order chi connectivity index (χ1) is 13.5. The molecule has 1 fully saturated rings. The molecule has 2 heterocycles. The average Bonchev–Trinajstić information content (AvgIpc) is 2.70. The fraction of sp³-hybridized carbons (Fsp3) is 0.421. The van der Waals surface area contributed by atoms with Gasteiger partial charge < -0.3 is 15.2 Å². The number of fused-ring (bicyclic) bond motifs is 1. The van der Waals surface area contributed by atoms with Crippen molar-refractivity contribution >= 4 is 29.5 Å². The number of β-lactam (4-membered cyclic amide) rings is 1. The number of thioether (sulfide) groups is 1. The summed E-state index contributed by atoms with van der Waals surface area (Å²) in [7, 11) is 0. The molecule has 2 aliphatic heterocycles. The Morgan fingerprint density at radius 2 is 2.21 bits per heavy atom. The van der Waals surface area contributed by atoms with E-state index in [1.807, 2.05) is 0 Å². The van der Waals surface area contributed by atoms with Crippen molar-refractivity contribution in [2.24, 2.45) is 0 Å². The van der Waals surface area contributed by atoms with Crippen molar-refractivity contribution in [2.45, 2.75) is 31.2 Å². The third-order valence-electron chi connectivity index (χ3n) is 4.56. The minimum atomic E-state index is -1.34. The molecule has 28 heavy (non-hydrogen) atoms. The van der Waals surface area contributed by atoms with E-state index in [1.165, 1.54) is 11.8 Å². The number of benzene rings is 1. The number of alkyl halides is 1. The normalized spacial score (nSPS) is 21.1. The van der Waals surface area contributed by atoms with Gasteiger partial charge in [-0.15, -0.1) is 11.8 Å². The molecule has 2 aliphatic rings. The molecule has 0 saturated carbocycles. The van der Waals surface area contributed by atoms with E-state index in [0.717, 1.165) is 17.7 Å². The summed E-state index contributed by atoms with van der Waals surface area (Å²) < 4.78 is 18.7. The van der Waals surface area contributed by atoms with Crippen molar-refractivity contribution in [3.8, 4) is 5.75 Å². The maximum absolute atomic E-state index is 13.1. The highest BCUT2D eigenvalue weighted by molar-refractivity contribution is 8.00. The van der Waals surface area contributed by atoms with Gasteiger partial charge in [-0.05, 0) is 24.6 Å². The second-order valence-electron chi connectivity index (χ2n) is 6.48. The summed E-state index contributed by atoms with van der Waals surface area (Å²) in [6, 6.07) is 5.81. The smallest absolute Gasteiger partial charge is 0.352 e. The number of unbranched alkanes of at least 4 members (excludes halogenated alkanes) is 1. The van der Waals surface area contributed by atoms with Gasteiger partial charge in [-0.3, -0.25) is 14.5 Å². The molecule has 7 nitrogen and oxygen atoms in total. The minimum absolute atomic E-state index is 0.0730. The molecule has 0 bridgehead atoms. The Hall–Kier alpha value is -2.55. The SMILES string of the molecule is CCCCOc1cccc(C(=O)NC2C(=O)N3C(C(=O)O)=C(CF)CS[C@@H]23)c1. The monoisotopic (exact) mass is 408 g/mol. The first-order valence-electron chi connectivity index (χ1n) is 8.97. The van der Waals surface area contributed by atoms with E-state index in [4.69, 9.17) is 4.74 Å². The van der Waals surface area contributed by atoms with Crippen LogP contribution in [-0.4, -0.2) is 58.2 Å². The second-order valence-corrected chi connectivity index (χ2v) is 7.59. The lowest BCUT2D eigenvalue weighted by Gasteiger charge is -2.49. The van der Waals surface area contributed by atoms with Crippen LogP contribution in [0.2, 0.25) is 0 Å². The van der Waals surface area contributed by atoms with Gasteiger partial charge in [0, 0.05) is 16.9 Å². The van der Waals surface area contributed by atoms with Crippen LogP contribution >= 0.6 is 11.8 Å². The number of hydrogen-bond donors (Lipinski definition) is 2. The number of carbonyl (C=O) groups excluding carboxylic acids is 2. The standard InChI is InChI=1S/C19H21FN2O5S/c1-2-3-7-27-13-6-4-5-11(8-13)16(23)21-14-17(24)22-15(19(25)26)12(9-20)10-28-18(14)22/h4-6,8,14,18H,2-3,7,9-10H2,1H3,(H,21,23)(H,25,26)/t14?,18-/m0/s1. The predicted molar refractivity (Wildman–Crippen MR) is 102 cm³/mol. The summed E-state index contributed by atoms with van der Waals surface area (Å²) in [5.41, 5.74) is 0.108. The fourth-order valence-corrected chi connectivity index (χ4v) is 4.39. The maximum Gasteiger partial charge on any atom is 0.352 e. The van der Waals surface area contributed by atoms with Crippen LogP contribution in [0.5, 0.6) is 5.75 Å². The number of halogens is 1. The van der Waals surface area contributed by atoms with E-state index in [0.29, 0.717) is 17.9 Å². The van der Waals surface area contributed by atoms with Crippen LogP contribution < -0.4 is 10.1 Å². The van der Waals surface area contributed by atoms with Gasteiger partial charge in [0.2, 0.25) is 0 Å². The molecule has 2 N–H and O–H groups in total. The molecular weight excluding hydrogens is 387 g/mol. The summed E-state index contributed by atoms with van der Waals surface area (Å²) in [5, 5.41) is 11.4. The lowest BCUT2D eigenvalue weighted by atomic mass is 10.0. The number of carbonyl (C=O) groups is 3. The van der Waals surface area contributed by atoms with Gasteiger partial charge in [0.1, 0.15) is 29.5 Å². The number of carboxylic acids is 1. The molecular formula is C19H21FN2O5S. The lowest BCUT2D eigenvalue weighted by molar-refractivity contribution is -0.148. The first kappa shape index (κ1) is 20.2. The molecule has 3 rings (SSSR count). The summed E-state index contributed by atoms with van der Waals surface area (Å²) >= 11 is 1.24. The molecule has 1 unspecified atom stereocenters. The van der Waals surface area contributed by atoms with Gasteiger partial charge in [0.15, 0.2) is 0 Å². The topological polar surface area (TPSA) is 95.9 Å². The van der Waals surface area contributed by atoms with Crippen LogP contribution in [0.15, 0.2) is 35.5 Å². The van der Waals surface area contributed by atoms with Crippen LogP contribution in [-0.2, 0) is 9.59 Å². The molecule has 1 aromatic carbocycles. The fourth-order valence-electron chi connectivity index (χ4n) is 3.07. The van der Waals surface area contributed by atoms with Gasteiger partial charge >= 0.3 is 5.97 Å². The molecule has 150 valence electrons. The minimum Gasteiger partial charge on any atom is -0.494 e. The zero-order chi connectivity index (χ0) is 20.3.